The molecule has 0 bridgehead atoms. The second-order valence-corrected chi connectivity index (χ2v) is 3.89. The Morgan fingerprint density at radius 3 is 2.44 bits per heavy atom. The number of hydrogen-bond acceptors (Lipinski definition) is 2. The van der Waals surface area contributed by atoms with Gasteiger partial charge >= 0.3 is 13.3 Å². The number of hydrogen-bond donors (Lipinski definition) is 2. The molecule has 0 aromatic heterocycles. The summed E-state index contributed by atoms with van der Waals surface area (Å²) in [4.78, 5) is 0. The van der Waals surface area contributed by atoms with Crippen molar-refractivity contribution in [2.75, 3.05) is 0 Å². The van der Waals surface area contributed by atoms with Crippen LogP contribution in [0.1, 0.15) is 11.1 Å². The van der Waals surface area contributed by atoms with Gasteiger partial charge in [-0.3, -0.25) is 0 Å². The molecule has 16 heavy (non-hydrogen) atoms. The maximum atomic E-state index is 12.3. The van der Waals surface area contributed by atoms with Crippen LogP contribution in [0.3, 0.4) is 0 Å². The number of alkyl halides is 4. The summed E-state index contributed by atoms with van der Waals surface area (Å²) in [6.07, 6.45) is -4.45. The molecule has 1 atom stereocenters. The number of benzene rings is 1. The van der Waals surface area contributed by atoms with E-state index in [1.54, 1.807) is 0 Å². The van der Waals surface area contributed by atoms with Crippen molar-refractivity contribution in [2.45, 2.75) is 17.9 Å². The first-order valence-corrected chi connectivity index (χ1v) is 4.90. The Balaban J connectivity index is 2.83. The Kier molecular flexibility index (Phi) is 4.24. The quantitative estimate of drug-likeness (QED) is 0.637. The van der Waals surface area contributed by atoms with Crippen LogP contribution >= 0.6 is 11.6 Å². The van der Waals surface area contributed by atoms with Crippen LogP contribution in [0, 0.1) is 0 Å². The molecule has 0 aliphatic heterocycles. The van der Waals surface area contributed by atoms with E-state index < -0.39 is 24.1 Å². The van der Waals surface area contributed by atoms with E-state index in [1.165, 1.54) is 12.1 Å². The Morgan fingerprint density at radius 1 is 1.31 bits per heavy atom. The Labute approximate surface area is 95.8 Å². The third kappa shape index (κ3) is 3.70. The lowest BCUT2D eigenvalue weighted by atomic mass is 9.82. The molecule has 2 nitrogen and oxygen atoms in total. The van der Waals surface area contributed by atoms with E-state index >= 15 is 0 Å². The summed E-state index contributed by atoms with van der Waals surface area (Å²) in [5, 5.41) is 16.4. The maximum Gasteiger partial charge on any atom is 0.470 e. The smallest absolute Gasteiger partial charge is 0.426 e. The highest BCUT2D eigenvalue weighted by Crippen LogP contribution is 2.29. The molecule has 0 fully saturated rings. The fraction of sp³-hybridized carbons (Fsp3) is 0.333. The predicted octanol–water partition coefficient (Wildman–Crippen LogP) is 1.87. The van der Waals surface area contributed by atoms with Crippen LogP contribution in [0.5, 0.6) is 0 Å². The van der Waals surface area contributed by atoms with Gasteiger partial charge in [-0.15, -0.1) is 11.6 Å². The van der Waals surface area contributed by atoms with Gasteiger partial charge < -0.3 is 10.0 Å². The lowest BCUT2D eigenvalue weighted by molar-refractivity contribution is -0.137. The average molecular weight is 252 g/mol. The summed E-state index contributed by atoms with van der Waals surface area (Å²) in [5.74, 6) is 0. The van der Waals surface area contributed by atoms with Gasteiger partial charge in [0.15, 0.2) is 0 Å². The molecule has 88 valence electrons. The molecule has 0 saturated heterocycles. The minimum atomic E-state index is -4.41. The zero-order chi connectivity index (χ0) is 12.3. The molecule has 0 amide bonds. The van der Waals surface area contributed by atoms with Crippen LogP contribution in [0.15, 0.2) is 24.3 Å². The molecule has 1 rings (SSSR count). The predicted molar refractivity (Wildman–Crippen MR) is 55.0 cm³/mol. The largest absolute Gasteiger partial charge is 0.470 e. The number of rotatable bonds is 3. The molecule has 0 saturated carbocycles. The average Bonchev–Trinajstić information content (AvgIpc) is 2.16. The second-order valence-electron chi connectivity index (χ2n) is 3.33. The fourth-order valence-electron chi connectivity index (χ4n) is 1.21. The summed E-state index contributed by atoms with van der Waals surface area (Å²) in [6.45, 7) is 0. The first kappa shape index (κ1) is 13.4. The number of halogens is 4. The summed E-state index contributed by atoms with van der Waals surface area (Å²) in [5.41, 5.74) is -0.468. The van der Waals surface area contributed by atoms with Crippen LogP contribution in [-0.2, 0) is 12.6 Å². The van der Waals surface area contributed by atoms with E-state index in [9.17, 15) is 13.2 Å². The molecule has 0 aliphatic rings. The topological polar surface area (TPSA) is 40.5 Å². The van der Waals surface area contributed by atoms with E-state index in [0.717, 1.165) is 12.1 Å². The monoisotopic (exact) mass is 252 g/mol. The van der Waals surface area contributed by atoms with Crippen LogP contribution < -0.4 is 0 Å². The lowest BCUT2D eigenvalue weighted by Crippen LogP contribution is -2.28. The van der Waals surface area contributed by atoms with Gasteiger partial charge in [0.25, 0.3) is 0 Å². The molecule has 0 heterocycles. The maximum absolute atomic E-state index is 12.3. The Hall–Kier alpha value is -0.715. The molecule has 7 heteroatoms. The molecule has 1 aromatic carbocycles. The zero-order valence-electron chi connectivity index (χ0n) is 8.08. The molecule has 0 radical (unpaired) electrons. The van der Waals surface area contributed by atoms with E-state index in [2.05, 4.69) is 0 Å². The van der Waals surface area contributed by atoms with E-state index in [-0.39, 0.29) is 6.42 Å². The standard InChI is InChI=1S/C9H9BClF3O2/c11-8(10(15)16)5-6-2-1-3-7(4-6)9(12,13)14/h1-4,8,15-16H,5H2/t8-/m1/s1. The summed E-state index contributed by atoms with van der Waals surface area (Å²) < 4.78 is 37.0. The van der Waals surface area contributed by atoms with Crippen molar-refractivity contribution < 1.29 is 23.2 Å². The van der Waals surface area contributed by atoms with Crippen LogP contribution in [-0.4, -0.2) is 22.4 Å². The molecular weight excluding hydrogens is 243 g/mol. The summed E-state index contributed by atoms with van der Waals surface area (Å²) >= 11 is 5.54. The molecular formula is C9H9BClF3O2. The van der Waals surface area contributed by atoms with Crippen molar-refractivity contribution in [1.29, 1.82) is 0 Å². The van der Waals surface area contributed by atoms with Crippen LogP contribution in [0.4, 0.5) is 13.2 Å². The van der Waals surface area contributed by atoms with Crippen LogP contribution in [0.2, 0.25) is 0 Å². The van der Waals surface area contributed by atoms with Crippen molar-refractivity contribution in [3.8, 4) is 0 Å². The Bertz CT molecular complexity index is 357. The van der Waals surface area contributed by atoms with Gasteiger partial charge in [0.1, 0.15) is 0 Å². The van der Waals surface area contributed by atoms with Gasteiger partial charge in [0.05, 0.1) is 10.8 Å². The third-order valence-electron chi connectivity index (χ3n) is 2.01. The zero-order valence-corrected chi connectivity index (χ0v) is 8.83. The summed E-state index contributed by atoms with van der Waals surface area (Å²) in [7, 11) is -1.75. The van der Waals surface area contributed by atoms with Gasteiger partial charge in [0.2, 0.25) is 0 Å². The van der Waals surface area contributed by atoms with Gasteiger partial charge in [-0.05, 0) is 18.1 Å². The molecule has 0 spiro atoms. The first-order chi connectivity index (χ1) is 7.30. The normalized spacial score (nSPS) is 13.6. The van der Waals surface area contributed by atoms with E-state index in [1.807, 2.05) is 0 Å². The van der Waals surface area contributed by atoms with Gasteiger partial charge in [-0.1, -0.05) is 18.2 Å². The van der Waals surface area contributed by atoms with Gasteiger partial charge in [-0.25, -0.2) is 0 Å². The van der Waals surface area contributed by atoms with Crippen molar-refractivity contribution in [3.63, 3.8) is 0 Å². The molecule has 2 N–H and O–H groups in total. The Morgan fingerprint density at radius 2 is 1.94 bits per heavy atom. The highest BCUT2D eigenvalue weighted by molar-refractivity contribution is 6.57. The minimum absolute atomic E-state index is 0.0385. The highest BCUT2D eigenvalue weighted by atomic mass is 35.5. The summed E-state index contributed by atoms with van der Waals surface area (Å²) in [6, 6.07) is 4.60. The van der Waals surface area contributed by atoms with Crippen molar-refractivity contribution in [1.82, 2.24) is 0 Å². The highest BCUT2D eigenvalue weighted by Gasteiger charge is 2.30. The van der Waals surface area contributed by atoms with Crippen molar-refractivity contribution >= 4 is 18.7 Å². The van der Waals surface area contributed by atoms with Crippen molar-refractivity contribution in [3.05, 3.63) is 35.4 Å². The van der Waals surface area contributed by atoms with Gasteiger partial charge in [0, 0.05) is 0 Å². The lowest BCUT2D eigenvalue weighted by Gasteiger charge is -2.11. The SMILES string of the molecule is OB(O)[C@H](Cl)Cc1cccc(C(F)(F)F)c1. The van der Waals surface area contributed by atoms with Gasteiger partial charge in [-0.2, -0.15) is 13.2 Å². The van der Waals surface area contributed by atoms with Crippen LogP contribution in [0.25, 0.3) is 0 Å². The van der Waals surface area contributed by atoms with E-state index in [0.29, 0.717) is 5.56 Å². The fourth-order valence-corrected chi connectivity index (χ4v) is 1.38. The first-order valence-electron chi connectivity index (χ1n) is 4.47. The third-order valence-corrected chi connectivity index (χ3v) is 2.39. The minimum Gasteiger partial charge on any atom is -0.426 e. The van der Waals surface area contributed by atoms with Crippen molar-refractivity contribution in [2.24, 2.45) is 0 Å². The van der Waals surface area contributed by atoms with E-state index in [4.69, 9.17) is 21.6 Å². The second kappa shape index (κ2) is 5.08. The molecule has 0 unspecified atom stereocenters. The molecule has 0 aliphatic carbocycles. The molecule has 1 aromatic rings.